The van der Waals surface area contributed by atoms with Gasteiger partial charge in [-0.25, -0.2) is 4.79 Å². The molecule has 274 valence electrons. The smallest absolute Gasteiger partial charge is 0.326 e. The molecule has 0 aromatic carbocycles. The van der Waals surface area contributed by atoms with Crippen molar-refractivity contribution in [1.82, 2.24) is 37.2 Å². The Labute approximate surface area is 278 Å². The highest BCUT2D eigenvalue weighted by molar-refractivity contribution is 5.96. The molecule has 18 N–H and O–H groups in total. The zero-order valence-electron chi connectivity index (χ0n) is 27.3. The van der Waals surface area contributed by atoms with Crippen LogP contribution >= 0.6 is 0 Å². The maximum absolute atomic E-state index is 13.3. The van der Waals surface area contributed by atoms with Gasteiger partial charge in [0.05, 0.1) is 12.7 Å². The normalized spacial score (nSPS) is 14.4. The molecule has 0 spiro atoms. The summed E-state index contributed by atoms with van der Waals surface area (Å²) in [4.78, 5) is 75.7. The zero-order valence-corrected chi connectivity index (χ0v) is 27.3. The molecule has 0 heterocycles. The minimum atomic E-state index is -1.60. The Morgan fingerprint density at radius 1 is 0.667 bits per heavy atom. The number of unbranched alkanes of at least 4 members (excludes halogenated alkanes) is 1. The Hall–Kier alpha value is -4.76. The van der Waals surface area contributed by atoms with Gasteiger partial charge < -0.3 is 69.7 Å². The number of carbonyl (C=O) groups is 6. The van der Waals surface area contributed by atoms with Crippen molar-refractivity contribution in [2.24, 2.45) is 17.2 Å². The molecule has 0 aromatic rings. The SMILES string of the molecule is CC(=O)N[C@@H](CCCNC(=N)N)C(=O)N[C@H](C(=O)N[C@@H](CCCCN)C(=O)N[C@@H](CO)C(=O)N[C@@H](CCCNC(=N)N)C(=O)O)[C@@H](C)O. The van der Waals surface area contributed by atoms with Gasteiger partial charge in [-0.15, -0.1) is 0 Å². The maximum Gasteiger partial charge on any atom is 0.326 e. The number of guanidine groups is 2. The lowest BCUT2D eigenvalue weighted by Gasteiger charge is -2.27. The molecule has 0 aliphatic rings. The summed E-state index contributed by atoms with van der Waals surface area (Å²) in [6.07, 6.45) is -0.118. The average Bonchev–Trinajstić information content (AvgIpc) is 2.99. The molecule has 0 bridgehead atoms. The van der Waals surface area contributed by atoms with Crippen LogP contribution in [0.4, 0.5) is 0 Å². The van der Waals surface area contributed by atoms with E-state index in [-0.39, 0.29) is 57.2 Å². The van der Waals surface area contributed by atoms with Gasteiger partial charge in [0.25, 0.3) is 0 Å². The molecule has 0 aliphatic carbocycles. The number of aliphatic hydroxyl groups is 2. The summed E-state index contributed by atoms with van der Waals surface area (Å²) in [5.74, 6) is -6.21. The van der Waals surface area contributed by atoms with Crippen LogP contribution in [0.5, 0.6) is 0 Å². The van der Waals surface area contributed by atoms with Crippen LogP contribution in [0.1, 0.15) is 58.8 Å². The molecular formula is C27H52N12O9. The van der Waals surface area contributed by atoms with Crippen molar-refractivity contribution < 1.29 is 44.1 Å². The van der Waals surface area contributed by atoms with E-state index in [1.807, 2.05) is 0 Å². The molecule has 0 fully saturated rings. The van der Waals surface area contributed by atoms with E-state index < -0.39 is 78.4 Å². The van der Waals surface area contributed by atoms with Crippen molar-refractivity contribution in [2.75, 3.05) is 26.2 Å². The minimum absolute atomic E-state index is 0.00752. The van der Waals surface area contributed by atoms with E-state index in [0.717, 1.165) is 0 Å². The van der Waals surface area contributed by atoms with E-state index in [9.17, 15) is 44.1 Å². The molecule has 0 aromatic heterocycles. The summed E-state index contributed by atoms with van der Waals surface area (Å²) in [5, 5.41) is 60.8. The number of hydrogen-bond donors (Lipinski definition) is 15. The molecule has 6 atom stereocenters. The van der Waals surface area contributed by atoms with Gasteiger partial charge in [-0.1, -0.05) is 0 Å². The number of amides is 5. The largest absolute Gasteiger partial charge is 0.480 e. The van der Waals surface area contributed by atoms with Crippen molar-refractivity contribution in [3.8, 4) is 0 Å². The molecular weight excluding hydrogens is 636 g/mol. The van der Waals surface area contributed by atoms with Gasteiger partial charge in [-0.3, -0.25) is 34.8 Å². The van der Waals surface area contributed by atoms with Crippen molar-refractivity contribution in [3.05, 3.63) is 0 Å². The molecule has 21 heteroatoms. The highest BCUT2D eigenvalue weighted by Crippen LogP contribution is 2.06. The van der Waals surface area contributed by atoms with Crippen LogP contribution in [0.2, 0.25) is 0 Å². The van der Waals surface area contributed by atoms with Crippen molar-refractivity contribution >= 4 is 47.4 Å². The van der Waals surface area contributed by atoms with E-state index in [1.165, 1.54) is 13.8 Å². The summed E-state index contributed by atoms with van der Waals surface area (Å²) in [6.45, 7) is 2.15. The Morgan fingerprint density at radius 3 is 1.56 bits per heavy atom. The fourth-order valence-corrected chi connectivity index (χ4v) is 4.25. The molecule has 0 rings (SSSR count). The highest BCUT2D eigenvalue weighted by atomic mass is 16.4. The van der Waals surface area contributed by atoms with Crippen molar-refractivity contribution in [2.45, 2.75) is 95.1 Å². The standard InChI is InChI=1S/C27H52N12O9/c1-14(41)20(39-22(44)16(35-15(2)42)8-5-11-33-26(29)30)24(46)36-17(7-3-4-10-28)21(43)38-19(13-40)23(45)37-18(25(47)48)9-6-12-34-27(31)32/h14,16-20,40-41H,3-13,28H2,1-2H3,(H,35,42)(H,36,46)(H,37,45)(H,38,43)(H,39,44)(H,47,48)(H4,29,30,33)(H4,31,32,34)/t14-,16+,17+,18+,19+,20+/m1/s1. The first-order valence-electron chi connectivity index (χ1n) is 15.4. The van der Waals surface area contributed by atoms with Crippen molar-refractivity contribution in [3.63, 3.8) is 0 Å². The number of carbonyl (C=O) groups excluding carboxylic acids is 5. The molecule has 0 saturated carbocycles. The number of rotatable bonds is 24. The number of aliphatic carboxylic acids is 1. The van der Waals surface area contributed by atoms with Crippen LogP contribution < -0.4 is 54.4 Å². The minimum Gasteiger partial charge on any atom is -0.480 e. The Kier molecular flexibility index (Phi) is 21.2. The zero-order chi connectivity index (χ0) is 36.8. The Balaban J connectivity index is 5.72. The summed E-state index contributed by atoms with van der Waals surface area (Å²) in [7, 11) is 0. The second-order valence-electron chi connectivity index (χ2n) is 10.9. The number of aliphatic hydroxyl groups excluding tert-OH is 2. The molecule has 0 saturated heterocycles. The summed E-state index contributed by atoms with van der Waals surface area (Å²) < 4.78 is 0. The van der Waals surface area contributed by atoms with E-state index >= 15 is 0 Å². The molecule has 5 amide bonds. The van der Waals surface area contributed by atoms with E-state index in [0.29, 0.717) is 19.3 Å². The van der Waals surface area contributed by atoms with E-state index in [1.54, 1.807) is 0 Å². The Morgan fingerprint density at radius 2 is 1.10 bits per heavy atom. The predicted molar refractivity (Wildman–Crippen MR) is 173 cm³/mol. The van der Waals surface area contributed by atoms with Crippen LogP contribution in [0, 0.1) is 10.8 Å². The summed E-state index contributed by atoms with van der Waals surface area (Å²) in [6, 6.07) is -7.02. The van der Waals surface area contributed by atoms with Gasteiger partial charge in [-0.05, 0) is 58.4 Å². The predicted octanol–water partition coefficient (Wildman–Crippen LogP) is -5.46. The molecule has 0 unspecified atom stereocenters. The topological polar surface area (TPSA) is 373 Å². The first-order chi connectivity index (χ1) is 22.5. The van der Waals surface area contributed by atoms with E-state index in [2.05, 4.69) is 37.2 Å². The molecule has 0 radical (unpaired) electrons. The monoisotopic (exact) mass is 688 g/mol. The molecule has 21 nitrogen and oxygen atoms in total. The summed E-state index contributed by atoms with van der Waals surface area (Å²) in [5.41, 5.74) is 16.0. The number of hydrogen-bond acceptors (Lipinski definition) is 11. The second-order valence-corrected chi connectivity index (χ2v) is 10.9. The lowest BCUT2D eigenvalue weighted by molar-refractivity contribution is -0.143. The van der Waals surface area contributed by atoms with Crippen LogP contribution in [-0.4, -0.2) is 125 Å². The van der Waals surface area contributed by atoms with Gasteiger partial charge in [0, 0.05) is 20.0 Å². The van der Waals surface area contributed by atoms with Gasteiger partial charge in [0.1, 0.15) is 30.2 Å². The number of nitrogens with one attached hydrogen (secondary N) is 9. The van der Waals surface area contributed by atoms with Crippen LogP contribution in [0.25, 0.3) is 0 Å². The first kappa shape index (κ1) is 43.2. The van der Waals surface area contributed by atoms with Gasteiger partial charge in [0.15, 0.2) is 11.9 Å². The molecule has 0 aliphatic heterocycles. The summed E-state index contributed by atoms with van der Waals surface area (Å²) >= 11 is 0. The average molecular weight is 689 g/mol. The van der Waals surface area contributed by atoms with Crippen molar-refractivity contribution in [1.29, 1.82) is 10.8 Å². The number of carboxylic acids is 1. The van der Waals surface area contributed by atoms with Crippen LogP contribution in [0.15, 0.2) is 0 Å². The third kappa shape index (κ3) is 18.4. The van der Waals surface area contributed by atoms with Crippen LogP contribution in [0.3, 0.4) is 0 Å². The third-order valence-electron chi connectivity index (χ3n) is 6.74. The Bertz CT molecular complexity index is 1110. The third-order valence-corrected chi connectivity index (χ3v) is 6.74. The van der Waals surface area contributed by atoms with E-state index in [4.69, 9.17) is 28.0 Å². The van der Waals surface area contributed by atoms with Crippen LogP contribution in [-0.2, 0) is 28.8 Å². The number of nitrogens with two attached hydrogens (primary N) is 3. The highest BCUT2D eigenvalue weighted by Gasteiger charge is 2.33. The maximum atomic E-state index is 13.3. The molecule has 48 heavy (non-hydrogen) atoms. The lowest BCUT2D eigenvalue weighted by atomic mass is 10.0. The lowest BCUT2D eigenvalue weighted by Crippen LogP contribution is -2.61. The number of carboxylic acid groups (broad SMARTS) is 1. The second kappa shape index (κ2) is 23.5. The first-order valence-corrected chi connectivity index (χ1v) is 15.4. The van der Waals surface area contributed by atoms with Gasteiger partial charge in [0.2, 0.25) is 29.5 Å². The van der Waals surface area contributed by atoms with Gasteiger partial charge in [-0.2, -0.15) is 0 Å². The quantitative estimate of drug-likeness (QED) is 0.0256. The fraction of sp³-hybridized carbons (Fsp3) is 0.704. The van der Waals surface area contributed by atoms with Gasteiger partial charge >= 0.3 is 5.97 Å². The fourth-order valence-electron chi connectivity index (χ4n) is 4.25.